The first kappa shape index (κ1) is 16.9. The Morgan fingerprint density at radius 3 is 2.70 bits per heavy atom. The Labute approximate surface area is 158 Å². The fraction of sp³-hybridized carbons (Fsp3) is 0.130. The van der Waals surface area contributed by atoms with Gasteiger partial charge in [-0.3, -0.25) is 0 Å². The molecule has 4 heteroatoms. The molecule has 0 amide bonds. The number of hydrogen-bond donors (Lipinski definition) is 0. The van der Waals surface area contributed by atoms with E-state index < -0.39 is 0 Å². The number of fused-ring (bicyclic) bond motifs is 1. The van der Waals surface area contributed by atoms with E-state index in [2.05, 4.69) is 30.1 Å². The van der Waals surface area contributed by atoms with E-state index in [4.69, 9.17) is 4.74 Å². The van der Waals surface area contributed by atoms with Crippen molar-refractivity contribution in [3.05, 3.63) is 90.5 Å². The van der Waals surface area contributed by atoms with E-state index in [9.17, 15) is 5.26 Å². The Morgan fingerprint density at radius 1 is 1.07 bits per heavy atom. The van der Waals surface area contributed by atoms with Crippen molar-refractivity contribution < 1.29 is 4.74 Å². The number of nitriles is 1. The van der Waals surface area contributed by atoms with E-state index in [1.165, 1.54) is 0 Å². The van der Waals surface area contributed by atoms with Gasteiger partial charge in [0.2, 0.25) is 0 Å². The summed E-state index contributed by atoms with van der Waals surface area (Å²) >= 11 is 0. The number of aromatic nitrogens is 2. The van der Waals surface area contributed by atoms with E-state index in [0.717, 1.165) is 28.6 Å². The van der Waals surface area contributed by atoms with Gasteiger partial charge in [0.25, 0.3) is 0 Å². The highest BCUT2D eigenvalue weighted by Crippen LogP contribution is 2.31. The Kier molecular flexibility index (Phi) is 4.59. The van der Waals surface area contributed by atoms with Crippen molar-refractivity contribution in [3.63, 3.8) is 0 Å². The fourth-order valence-corrected chi connectivity index (χ4v) is 3.20. The van der Waals surface area contributed by atoms with Crippen LogP contribution in [0.15, 0.2) is 79.4 Å². The quantitative estimate of drug-likeness (QED) is 0.476. The Balaban J connectivity index is 1.63. The molecule has 0 radical (unpaired) electrons. The minimum Gasteiger partial charge on any atom is -0.456 e. The fourth-order valence-electron chi connectivity index (χ4n) is 3.20. The zero-order valence-corrected chi connectivity index (χ0v) is 15.0. The predicted octanol–water partition coefficient (Wildman–Crippen LogP) is 5.50. The third-order valence-corrected chi connectivity index (χ3v) is 4.69. The summed E-state index contributed by atoms with van der Waals surface area (Å²) < 4.78 is 8.14. The van der Waals surface area contributed by atoms with Crippen LogP contribution in [0.1, 0.15) is 24.0 Å². The Bertz CT molecular complexity index is 1110. The molecule has 0 saturated heterocycles. The van der Waals surface area contributed by atoms with Crippen LogP contribution in [0.3, 0.4) is 0 Å². The molecule has 0 fully saturated rings. The zero-order valence-electron chi connectivity index (χ0n) is 15.0. The second-order valence-electron chi connectivity index (χ2n) is 6.64. The number of rotatable bonds is 5. The second-order valence-corrected chi connectivity index (χ2v) is 6.64. The van der Waals surface area contributed by atoms with Gasteiger partial charge in [0.1, 0.15) is 17.6 Å². The minimum absolute atomic E-state index is 0.269. The molecule has 132 valence electrons. The molecule has 4 rings (SSSR count). The molecule has 1 heterocycles. The molecule has 0 aliphatic heterocycles. The molecule has 1 aromatic heterocycles. The molecular weight excluding hydrogens is 334 g/mol. The molecule has 0 aliphatic carbocycles. The molecule has 1 atom stereocenters. The largest absolute Gasteiger partial charge is 0.456 e. The summed E-state index contributed by atoms with van der Waals surface area (Å²) in [6.07, 6.45) is 5.54. The third kappa shape index (κ3) is 3.68. The number of nitrogens with zero attached hydrogens (tertiary/aromatic N) is 3. The molecule has 4 nitrogen and oxygen atoms in total. The summed E-state index contributed by atoms with van der Waals surface area (Å²) in [5.41, 5.74) is 1.65. The third-order valence-electron chi connectivity index (χ3n) is 4.69. The number of benzene rings is 3. The van der Waals surface area contributed by atoms with Crippen LogP contribution in [0.5, 0.6) is 11.5 Å². The van der Waals surface area contributed by atoms with Gasteiger partial charge in [0.05, 0.1) is 11.9 Å². The smallest absolute Gasteiger partial charge is 0.145 e. The van der Waals surface area contributed by atoms with Gasteiger partial charge in [-0.2, -0.15) is 5.26 Å². The van der Waals surface area contributed by atoms with E-state index in [1.807, 2.05) is 65.6 Å². The van der Waals surface area contributed by atoms with E-state index >= 15 is 0 Å². The van der Waals surface area contributed by atoms with Crippen LogP contribution in [0.25, 0.3) is 10.8 Å². The first-order valence-corrected chi connectivity index (χ1v) is 8.89. The number of imidazole rings is 1. The van der Waals surface area contributed by atoms with Crippen molar-refractivity contribution in [1.82, 2.24) is 9.55 Å². The lowest BCUT2D eigenvalue weighted by atomic mass is 9.99. The van der Waals surface area contributed by atoms with Crippen LogP contribution in [0.4, 0.5) is 0 Å². The van der Waals surface area contributed by atoms with Gasteiger partial charge in [-0.25, -0.2) is 4.98 Å². The number of ether oxygens (including phenoxy) is 1. The van der Waals surface area contributed by atoms with E-state index in [-0.39, 0.29) is 5.92 Å². The standard InChI is InChI=1S/C23H19N3O/c1-17(15-26-11-10-25-16-26)19-6-7-21(14-24)23(13-19)27-22-9-8-18-4-2-3-5-20(18)12-22/h2-13,16-17H,15H2,1H3. The van der Waals surface area contributed by atoms with Crippen molar-refractivity contribution in [2.24, 2.45) is 0 Å². The van der Waals surface area contributed by atoms with Gasteiger partial charge in [0, 0.05) is 18.9 Å². The molecule has 0 saturated carbocycles. The van der Waals surface area contributed by atoms with Crippen molar-refractivity contribution in [2.75, 3.05) is 0 Å². The highest BCUT2D eigenvalue weighted by molar-refractivity contribution is 5.83. The second kappa shape index (κ2) is 7.35. The van der Waals surface area contributed by atoms with Crippen LogP contribution >= 0.6 is 0 Å². The molecule has 0 bridgehead atoms. The van der Waals surface area contributed by atoms with E-state index in [0.29, 0.717) is 11.3 Å². The highest BCUT2D eigenvalue weighted by Gasteiger charge is 2.12. The molecule has 0 N–H and O–H groups in total. The summed E-state index contributed by atoms with van der Waals surface area (Å²) in [7, 11) is 0. The SMILES string of the molecule is CC(Cn1ccnc1)c1ccc(C#N)c(Oc2ccc3ccccc3c2)c1. The van der Waals surface area contributed by atoms with Crippen molar-refractivity contribution in [3.8, 4) is 17.6 Å². The molecular formula is C23H19N3O. The molecule has 27 heavy (non-hydrogen) atoms. The monoisotopic (exact) mass is 353 g/mol. The zero-order chi connectivity index (χ0) is 18.6. The van der Waals surface area contributed by atoms with Crippen LogP contribution in [-0.4, -0.2) is 9.55 Å². The van der Waals surface area contributed by atoms with Crippen molar-refractivity contribution in [2.45, 2.75) is 19.4 Å². The lowest BCUT2D eigenvalue weighted by molar-refractivity contribution is 0.479. The predicted molar refractivity (Wildman–Crippen MR) is 106 cm³/mol. The maximum Gasteiger partial charge on any atom is 0.145 e. The van der Waals surface area contributed by atoms with Gasteiger partial charge < -0.3 is 9.30 Å². The summed E-state index contributed by atoms with van der Waals surface area (Å²) in [5.74, 6) is 1.58. The average molecular weight is 353 g/mol. The van der Waals surface area contributed by atoms with Crippen LogP contribution in [0.2, 0.25) is 0 Å². The maximum absolute atomic E-state index is 9.46. The van der Waals surface area contributed by atoms with Gasteiger partial charge in [-0.05, 0) is 46.5 Å². The van der Waals surface area contributed by atoms with Gasteiger partial charge in [0.15, 0.2) is 0 Å². The minimum atomic E-state index is 0.269. The molecule has 3 aromatic carbocycles. The summed E-state index contributed by atoms with van der Waals surface area (Å²) in [4.78, 5) is 4.09. The van der Waals surface area contributed by atoms with Gasteiger partial charge in [-0.15, -0.1) is 0 Å². The molecule has 0 aliphatic rings. The summed E-state index contributed by atoms with van der Waals surface area (Å²) in [6, 6.07) is 22.1. The van der Waals surface area contributed by atoms with Gasteiger partial charge >= 0.3 is 0 Å². The topological polar surface area (TPSA) is 50.8 Å². The highest BCUT2D eigenvalue weighted by atomic mass is 16.5. The van der Waals surface area contributed by atoms with Gasteiger partial charge in [-0.1, -0.05) is 43.3 Å². The van der Waals surface area contributed by atoms with E-state index in [1.54, 1.807) is 6.20 Å². The molecule has 0 spiro atoms. The first-order chi connectivity index (χ1) is 13.2. The first-order valence-electron chi connectivity index (χ1n) is 8.89. The average Bonchev–Trinajstić information content (AvgIpc) is 3.21. The number of hydrogen-bond acceptors (Lipinski definition) is 3. The maximum atomic E-state index is 9.46. The molecule has 4 aromatic rings. The Morgan fingerprint density at radius 2 is 1.93 bits per heavy atom. The Hall–Kier alpha value is -3.58. The summed E-state index contributed by atoms with van der Waals surface area (Å²) in [6.45, 7) is 2.97. The lowest BCUT2D eigenvalue weighted by Crippen LogP contribution is -2.05. The van der Waals surface area contributed by atoms with Crippen LogP contribution in [-0.2, 0) is 6.54 Å². The molecule has 1 unspecified atom stereocenters. The lowest BCUT2D eigenvalue weighted by Gasteiger charge is -2.15. The van der Waals surface area contributed by atoms with Crippen molar-refractivity contribution in [1.29, 1.82) is 5.26 Å². The van der Waals surface area contributed by atoms with Crippen LogP contribution in [0, 0.1) is 11.3 Å². The van der Waals surface area contributed by atoms with Crippen molar-refractivity contribution >= 4 is 10.8 Å². The normalized spacial score (nSPS) is 11.9. The summed E-state index contributed by atoms with van der Waals surface area (Å²) in [5, 5.41) is 11.7. The van der Waals surface area contributed by atoms with Crippen LogP contribution < -0.4 is 4.74 Å².